The maximum absolute atomic E-state index is 5.05. The molecule has 0 N–H and O–H groups in total. The summed E-state index contributed by atoms with van der Waals surface area (Å²) in [5.74, 6) is 0. The van der Waals surface area contributed by atoms with Crippen LogP contribution in [0, 0.1) is 0 Å². The second kappa shape index (κ2) is 8.73. The first-order valence-electron chi connectivity index (χ1n) is 11.1. The Hall–Kier alpha value is -4.02. The lowest BCUT2D eigenvalue weighted by Crippen LogP contribution is -2.00. The molecule has 2 heterocycles. The van der Waals surface area contributed by atoms with Crippen molar-refractivity contribution in [1.29, 1.82) is 0 Å². The third kappa shape index (κ3) is 3.82. The average Bonchev–Trinajstić information content (AvgIpc) is 3.35. The average molecular weight is 502 g/mol. The molecule has 0 unspecified atom stereocenters. The first-order valence-corrected chi connectivity index (χ1v) is 11.9. The topological polar surface area (TPSA) is 30.7 Å². The second-order valence-corrected chi connectivity index (χ2v) is 9.02. The van der Waals surface area contributed by atoms with Gasteiger partial charge in [0.05, 0.1) is 28.3 Å². The lowest BCUT2D eigenvalue weighted by molar-refractivity contribution is 0.892. The van der Waals surface area contributed by atoms with Gasteiger partial charge in [-0.3, -0.25) is 0 Å². The van der Waals surface area contributed by atoms with Crippen molar-refractivity contribution < 1.29 is 0 Å². The number of hydrogen-bond acceptors (Lipinski definition) is 2. The molecule has 0 aliphatic rings. The van der Waals surface area contributed by atoms with Crippen LogP contribution in [0.25, 0.3) is 50.4 Å². The van der Waals surface area contributed by atoms with Gasteiger partial charge in [-0.2, -0.15) is 5.10 Å². The molecule has 0 amide bonds. The maximum Gasteiger partial charge on any atom is 0.0934 e. The molecule has 34 heavy (non-hydrogen) atoms. The molecular weight excluding hydrogens is 482 g/mol. The van der Waals surface area contributed by atoms with E-state index in [0.717, 1.165) is 54.8 Å². The molecule has 0 aliphatic heterocycles. The fraction of sp³-hybridized carbons (Fsp3) is 0. The zero-order chi connectivity index (χ0) is 22.9. The van der Waals surface area contributed by atoms with Crippen molar-refractivity contribution in [3.05, 3.63) is 126 Å². The minimum atomic E-state index is 0.925. The molecule has 6 aromatic rings. The van der Waals surface area contributed by atoms with Gasteiger partial charge in [0.25, 0.3) is 0 Å². The Labute approximate surface area is 206 Å². The Morgan fingerprint density at radius 2 is 1.24 bits per heavy atom. The van der Waals surface area contributed by atoms with Gasteiger partial charge in [0.15, 0.2) is 0 Å². The number of aromatic nitrogens is 3. The normalized spacial score (nSPS) is 11.1. The Morgan fingerprint density at radius 1 is 0.588 bits per heavy atom. The molecule has 0 fully saturated rings. The van der Waals surface area contributed by atoms with Gasteiger partial charge in [-0.25, -0.2) is 9.67 Å². The Morgan fingerprint density at radius 3 is 2.00 bits per heavy atom. The molecule has 162 valence electrons. The molecule has 4 heteroatoms. The summed E-state index contributed by atoms with van der Waals surface area (Å²) in [6.07, 6.45) is 0. The first kappa shape index (κ1) is 20.6. The second-order valence-electron chi connectivity index (χ2n) is 8.11. The van der Waals surface area contributed by atoms with Crippen LogP contribution in [0.2, 0.25) is 0 Å². The molecule has 0 aliphatic carbocycles. The monoisotopic (exact) mass is 501 g/mol. The summed E-state index contributed by atoms with van der Waals surface area (Å²) in [5, 5.41) is 6.15. The Bertz CT molecular complexity index is 1590. The number of halogens is 1. The predicted molar refractivity (Wildman–Crippen MR) is 143 cm³/mol. The number of pyridine rings is 1. The molecule has 0 saturated heterocycles. The van der Waals surface area contributed by atoms with Crippen molar-refractivity contribution in [2.45, 2.75) is 0 Å². The van der Waals surface area contributed by atoms with E-state index in [-0.39, 0.29) is 0 Å². The molecule has 0 bridgehead atoms. The van der Waals surface area contributed by atoms with Crippen LogP contribution < -0.4 is 0 Å². The summed E-state index contributed by atoms with van der Waals surface area (Å²) in [4.78, 5) is 4.97. The van der Waals surface area contributed by atoms with Crippen LogP contribution in [-0.2, 0) is 0 Å². The summed E-state index contributed by atoms with van der Waals surface area (Å²) in [7, 11) is 0. The predicted octanol–water partition coefficient (Wildman–Crippen LogP) is 8.18. The van der Waals surface area contributed by atoms with Crippen LogP contribution in [0.1, 0.15) is 0 Å². The van der Waals surface area contributed by atoms with Gasteiger partial charge in [0.2, 0.25) is 0 Å². The smallest absolute Gasteiger partial charge is 0.0934 e. The van der Waals surface area contributed by atoms with Crippen LogP contribution in [0.5, 0.6) is 0 Å². The minimum absolute atomic E-state index is 0.925. The molecule has 0 atom stereocenters. The van der Waals surface area contributed by atoms with E-state index in [0.29, 0.717) is 0 Å². The van der Waals surface area contributed by atoms with Crippen molar-refractivity contribution in [3.8, 4) is 39.5 Å². The Balaban J connectivity index is 1.63. The number of rotatable bonds is 4. The fourth-order valence-electron chi connectivity index (χ4n) is 4.24. The van der Waals surface area contributed by atoms with Crippen LogP contribution in [0.15, 0.2) is 126 Å². The van der Waals surface area contributed by atoms with E-state index >= 15 is 0 Å². The van der Waals surface area contributed by atoms with E-state index in [1.807, 2.05) is 59.3 Å². The maximum atomic E-state index is 5.05. The van der Waals surface area contributed by atoms with E-state index in [4.69, 9.17) is 10.1 Å². The van der Waals surface area contributed by atoms with Gasteiger partial charge >= 0.3 is 0 Å². The van der Waals surface area contributed by atoms with Crippen molar-refractivity contribution in [2.75, 3.05) is 0 Å². The third-order valence-electron chi connectivity index (χ3n) is 5.91. The van der Waals surface area contributed by atoms with E-state index in [1.54, 1.807) is 0 Å². The molecule has 2 aromatic heterocycles. The third-order valence-corrected chi connectivity index (χ3v) is 6.44. The van der Waals surface area contributed by atoms with Gasteiger partial charge in [-0.05, 0) is 42.5 Å². The summed E-state index contributed by atoms with van der Waals surface area (Å²) < 4.78 is 3.08. The zero-order valence-electron chi connectivity index (χ0n) is 18.3. The van der Waals surface area contributed by atoms with E-state index < -0.39 is 0 Å². The number of nitrogens with zero attached hydrogens (tertiary/aromatic N) is 3. The lowest BCUT2D eigenvalue weighted by atomic mass is 10.0. The molecular formula is C30H20BrN3. The first-order chi connectivity index (χ1) is 16.8. The highest BCUT2D eigenvalue weighted by Crippen LogP contribution is 2.35. The van der Waals surface area contributed by atoms with Crippen molar-refractivity contribution >= 4 is 26.8 Å². The van der Waals surface area contributed by atoms with Crippen molar-refractivity contribution in [1.82, 2.24) is 14.8 Å². The number of para-hydroxylation sites is 2. The summed E-state index contributed by atoms with van der Waals surface area (Å²) in [5.41, 5.74) is 8.14. The van der Waals surface area contributed by atoms with Gasteiger partial charge in [-0.15, -0.1) is 0 Å². The van der Waals surface area contributed by atoms with Crippen LogP contribution in [0.4, 0.5) is 0 Å². The van der Waals surface area contributed by atoms with Crippen molar-refractivity contribution in [3.63, 3.8) is 0 Å². The Kier molecular flexibility index (Phi) is 5.28. The van der Waals surface area contributed by atoms with Crippen LogP contribution >= 0.6 is 15.9 Å². The molecule has 3 nitrogen and oxygen atoms in total. The van der Waals surface area contributed by atoms with Crippen LogP contribution in [0.3, 0.4) is 0 Å². The SMILES string of the molecule is Brc1ccc(-c2cc(-c3cc(-c4ccccc4)nc4ccccc34)n(-c3ccccc3)n2)cc1. The zero-order valence-corrected chi connectivity index (χ0v) is 19.9. The molecule has 0 radical (unpaired) electrons. The number of fused-ring (bicyclic) bond motifs is 1. The molecule has 0 spiro atoms. The van der Waals surface area contributed by atoms with Gasteiger partial charge in [0.1, 0.15) is 0 Å². The number of hydrogen-bond donors (Lipinski definition) is 0. The molecule has 4 aromatic carbocycles. The van der Waals surface area contributed by atoms with Crippen molar-refractivity contribution in [2.24, 2.45) is 0 Å². The fourth-order valence-corrected chi connectivity index (χ4v) is 4.51. The highest BCUT2D eigenvalue weighted by atomic mass is 79.9. The summed E-state index contributed by atoms with van der Waals surface area (Å²) in [6, 6.07) is 41.5. The lowest BCUT2D eigenvalue weighted by Gasteiger charge is -2.12. The van der Waals surface area contributed by atoms with E-state index in [1.165, 1.54) is 0 Å². The molecule has 6 rings (SSSR count). The van der Waals surface area contributed by atoms with E-state index in [9.17, 15) is 0 Å². The van der Waals surface area contributed by atoms with Gasteiger partial charge < -0.3 is 0 Å². The van der Waals surface area contributed by atoms with E-state index in [2.05, 4.69) is 82.7 Å². The van der Waals surface area contributed by atoms with Gasteiger partial charge in [0, 0.05) is 26.5 Å². The van der Waals surface area contributed by atoms with Crippen LogP contribution in [-0.4, -0.2) is 14.8 Å². The van der Waals surface area contributed by atoms with Gasteiger partial charge in [-0.1, -0.05) is 94.8 Å². The number of benzene rings is 4. The largest absolute Gasteiger partial charge is 0.248 e. The highest BCUT2D eigenvalue weighted by Gasteiger charge is 2.17. The highest BCUT2D eigenvalue weighted by molar-refractivity contribution is 9.10. The summed E-state index contributed by atoms with van der Waals surface area (Å²) >= 11 is 3.54. The summed E-state index contributed by atoms with van der Waals surface area (Å²) in [6.45, 7) is 0. The molecule has 0 saturated carbocycles. The minimum Gasteiger partial charge on any atom is -0.248 e. The standard InChI is InChI=1S/C30H20BrN3/c31-23-17-15-22(16-18-23)29-20-30(34(33-29)24-11-5-2-6-12-24)26-19-28(21-9-3-1-4-10-21)32-27-14-8-7-13-25(26)27/h1-20H. The quantitative estimate of drug-likeness (QED) is 0.243.